The number of benzene rings is 1. The average molecular weight is 302 g/mol. The van der Waals surface area contributed by atoms with Crippen LogP contribution in [-0.4, -0.2) is 45.9 Å². The zero-order valence-corrected chi connectivity index (χ0v) is 12.0. The number of sulfonamides is 1. The molecule has 0 spiro atoms. The number of aryl methyl sites for hydroxylation is 1. The van der Waals surface area contributed by atoms with Gasteiger partial charge in [-0.2, -0.15) is 0 Å². The lowest BCUT2D eigenvalue weighted by molar-refractivity contribution is 0.414. The molecule has 1 aromatic heterocycles. The Hall–Kier alpha value is -1.37. The molecular formula is C14H21N3O2S. The highest BCUT2D eigenvalue weighted by Crippen LogP contribution is 2.21. The summed E-state index contributed by atoms with van der Waals surface area (Å²) in [6.07, 6.45) is 1.58. The molecule has 0 fully saturated rings. The molecule has 1 aromatic carbocycles. The van der Waals surface area contributed by atoms with E-state index in [1.165, 1.54) is 27.8 Å². The van der Waals surface area contributed by atoms with Crippen LogP contribution in [0.15, 0.2) is 24.4 Å². The molecule has 6 heteroatoms. The second-order valence-corrected chi connectivity index (χ2v) is 5.93. The summed E-state index contributed by atoms with van der Waals surface area (Å²) in [6, 6.07) is 4.02. The van der Waals surface area contributed by atoms with Crippen LogP contribution in [-0.2, 0) is 22.1 Å². The fraction of sp³-hybridized carbons (Fsp3) is 0.429. The Kier molecular flexibility index (Phi) is 2.43. The van der Waals surface area contributed by atoms with E-state index in [4.69, 9.17) is 9.60 Å². The molecular weight excluding hydrogens is 274 g/mol. The lowest BCUT2D eigenvalue weighted by Crippen LogP contribution is -2.20. The summed E-state index contributed by atoms with van der Waals surface area (Å²) < 4.78 is 78.9. The molecule has 0 aliphatic rings. The Morgan fingerprint density at radius 1 is 1.45 bits per heavy atom. The van der Waals surface area contributed by atoms with Gasteiger partial charge in [0.1, 0.15) is 0 Å². The van der Waals surface area contributed by atoms with Crippen molar-refractivity contribution in [1.29, 1.82) is 0 Å². The van der Waals surface area contributed by atoms with Gasteiger partial charge in [-0.05, 0) is 50.8 Å². The third kappa shape index (κ3) is 3.59. The summed E-state index contributed by atoms with van der Waals surface area (Å²) in [6.45, 7) is -4.73. The molecule has 0 saturated heterocycles. The third-order valence-corrected chi connectivity index (χ3v) is 3.51. The molecule has 1 heterocycles. The maximum absolute atomic E-state index is 12.2. The topological polar surface area (TPSA) is 65.2 Å². The van der Waals surface area contributed by atoms with Crippen LogP contribution >= 0.6 is 0 Å². The van der Waals surface area contributed by atoms with Gasteiger partial charge in [-0.3, -0.25) is 0 Å². The molecule has 0 atom stereocenters. The first-order valence-corrected chi connectivity index (χ1v) is 7.37. The molecule has 0 saturated carbocycles. The molecule has 0 aliphatic heterocycles. The van der Waals surface area contributed by atoms with E-state index in [-0.39, 0.29) is 12.0 Å². The summed E-state index contributed by atoms with van der Waals surface area (Å²) in [7, 11) is -1.68. The fourth-order valence-electron chi connectivity index (χ4n) is 1.81. The van der Waals surface area contributed by atoms with Crippen LogP contribution in [0.4, 0.5) is 0 Å². The summed E-state index contributed by atoms with van der Waals surface area (Å²) in [5.74, 6) is 0. The highest BCUT2D eigenvalue weighted by atomic mass is 32.2. The average Bonchev–Trinajstić information content (AvgIpc) is 2.86. The summed E-state index contributed by atoms with van der Waals surface area (Å²) in [4.78, 5) is 4.35. The van der Waals surface area contributed by atoms with E-state index in [0.717, 1.165) is 0 Å². The number of nitrogens with one attached hydrogen (secondary N) is 2. The Morgan fingerprint density at radius 3 is 2.95 bits per heavy atom. The number of rotatable bonds is 6. The Morgan fingerprint density at radius 2 is 2.25 bits per heavy atom. The minimum atomic E-state index is -4.86. The van der Waals surface area contributed by atoms with E-state index < -0.39 is 29.2 Å². The second-order valence-electron chi connectivity index (χ2n) is 4.51. The van der Waals surface area contributed by atoms with Gasteiger partial charge in [0.15, 0.2) is 0 Å². The molecule has 20 heavy (non-hydrogen) atoms. The number of aromatic nitrogens is 1. The normalized spacial score (nSPS) is 19.6. The standard InChI is InChI=1S/C14H21N3O2S/c1-15-20(18,19)10-11-4-5-14-13(8-11)12(9-16-14)6-7-17(2)3/h4-5,8-9,15-16H,6-7,10H2,1-3H3/i1D3,7D2,10D2. The zero-order valence-electron chi connectivity index (χ0n) is 18.2. The van der Waals surface area contributed by atoms with Gasteiger partial charge in [-0.1, -0.05) is 6.07 Å². The van der Waals surface area contributed by atoms with E-state index >= 15 is 0 Å². The number of likely N-dealkylation sites (N-methyl/N-ethyl adjacent to an activating group) is 1. The molecule has 110 valence electrons. The molecule has 0 radical (unpaired) electrons. The maximum atomic E-state index is 12.2. The van der Waals surface area contributed by atoms with Gasteiger partial charge in [0, 0.05) is 33.2 Å². The quantitative estimate of drug-likeness (QED) is 0.846. The van der Waals surface area contributed by atoms with Gasteiger partial charge in [-0.25, -0.2) is 13.1 Å². The van der Waals surface area contributed by atoms with Crippen LogP contribution in [0.2, 0.25) is 0 Å². The molecule has 2 N–H and O–H groups in total. The number of nitrogens with zero attached hydrogens (tertiary/aromatic N) is 1. The summed E-state index contributed by atoms with van der Waals surface area (Å²) in [5, 5.41) is 0.464. The highest BCUT2D eigenvalue weighted by Gasteiger charge is 2.11. The molecule has 0 bridgehead atoms. The van der Waals surface area contributed by atoms with Gasteiger partial charge >= 0.3 is 0 Å². The fourth-order valence-corrected chi connectivity index (χ4v) is 2.30. The van der Waals surface area contributed by atoms with Gasteiger partial charge < -0.3 is 9.88 Å². The molecule has 2 rings (SSSR count). The van der Waals surface area contributed by atoms with Crippen LogP contribution in [0.25, 0.3) is 10.9 Å². The van der Waals surface area contributed by atoms with Crippen LogP contribution in [0, 0.1) is 0 Å². The monoisotopic (exact) mass is 302 g/mol. The van der Waals surface area contributed by atoms with Crippen LogP contribution in [0.3, 0.4) is 0 Å². The number of hydrogen-bond donors (Lipinski definition) is 2. The van der Waals surface area contributed by atoms with Crippen molar-refractivity contribution >= 4 is 20.9 Å². The Bertz CT molecular complexity index is 936. The lowest BCUT2D eigenvalue weighted by atomic mass is 10.1. The first-order chi connectivity index (χ1) is 12.1. The smallest absolute Gasteiger partial charge is 0.215 e. The van der Waals surface area contributed by atoms with E-state index in [1.54, 1.807) is 20.3 Å². The number of hydrogen-bond acceptors (Lipinski definition) is 3. The predicted octanol–water partition coefficient (Wildman–Crippen LogP) is 1.32. The van der Waals surface area contributed by atoms with Gasteiger partial charge in [0.2, 0.25) is 10.0 Å². The number of H-pyrrole nitrogens is 1. The van der Waals surface area contributed by atoms with Gasteiger partial charge in [0.05, 0.1) is 5.70 Å². The van der Waals surface area contributed by atoms with Crippen molar-refractivity contribution in [2.24, 2.45) is 0 Å². The first kappa shape index (κ1) is 8.17. The maximum Gasteiger partial charge on any atom is 0.215 e. The lowest BCUT2D eigenvalue weighted by Gasteiger charge is -2.08. The Balaban J connectivity index is 2.50. The number of fused-ring (bicyclic) bond motifs is 1. The molecule has 5 nitrogen and oxygen atoms in total. The Labute approximate surface area is 129 Å². The van der Waals surface area contributed by atoms with Crippen LogP contribution in [0.5, 0.6) is 0 Å². The van der Waals surface area contributed by atoms with Crippen molar-refractivity contribution in [2.45, 2.75) is 12.1 Å². The SMILES string of the molecule is [2H]C([2H])([2H])NS(=O)(=O)C([2H])([2H])c1ccc2[nH]cc(CC([2H])([2H])N(C)C)c2c1. The molecule has 0 aliphatic carbocycles. The predicted molar refractivity (Wildman–Crippen MR) is 82.2 cm³/mol. The van der Waals surface area contributed by atoms with Crippen molar-refractivity contribution in [2.75, 3.05) is 27.6 Å². The summed E-state index contributed by atoms with van der Waals surface area (Å²) in [5.41, 5.74) is -2.12. The largest absolute Gasteiger partial charge is 0.361 e. The minimum Gasteiger partial charge on any atom is -0.361 e. The van der Waals surface area contributed by atoms with Crippen molar-refractivity contribution in [3.8, 4) is 0 Å². The molecule has 2 aromatic rings. The van der Waals surface area contributed by atoms with Gasteiger partial charge in [0.25, 0.3) is 0 Å². The van der Waals surface area contributed by atoms with Crippen molar-refractivity contribution in [3.63, 3.8) is 0 Å². The summed E-state index contributed by atoms with van der Waals surface area (Å²) >= 11 is 0. The number of aromatic amines is 1. The van der Waals surface area contributed by atoms with Crippen LogP contribution < -0.4 is 4.72 Å². The van der Waals surface area contributed by atoms with E-state index in [2.05, 4.69) is 4.98 Å². The minimum absolute atomic E-state index is 0.00722. The highest BCUT2D eigenvalue weighted by molar-refractivity contribution is 7.88. The first-order valence-electron chi connectivity index (χ1n) is 9.38. The van der Waals surface area contributed by atoms with E-state index in [1.807, 2.05) is 0 Å². The van der Waals surface area contributed by atoms with Gasteiger partial charge in [-0.15, -0.1) is 0 Å². The van der Waals surface area contributed by atoms with Crippen molar-refractivity contribution in [1.82, 2.24) is 14.6 Å². The van der Waals surface area contributed by atoms with Crippen molar-refractivity contribution in [3.05, 3.63) is 35.5 Å². The molecule has 0 unspecified atom stereocenters. The second kappa shape index (κ2) is 5.95. The van der Waals surface area contributed by atoms with E-state index in [0.29, 0.717) is 16.5 Å². The zero-order chi connectivity index (χ0) is 20.8. The van der Waals surface area contributed by atoms with E-state index in [9.17, 15) is 8.42 Å². The van der Waals surface area contributed by atoms with Crippen molar-refractivity contribution < 1.29 is 18.0 Å². The third-order valence-electron chi connectivity index (χ3n) is 2.74. The van der Waals surface area contributed by atoms with Crippen LogP contribution in [0.1, 0.15) is 20.7 Å². The molecule has 0 amide bonds.